The van der Waals surface area contributed by atoms with Gasteiger partial charge in [-0.05, 0) is 24.3 Å². The van der Waals surface area contributed by atoms with Crippen LogP contribution in [0.1, 0.15) is 10.5 Å². The third-order valence-corrected chi connectivity index (χ3v) is 3.66. The Balaban J connectivity index is 1.99. The van der Waals surface area contributed by atoms with Crippen LogP contribution in [0.5, 0.6) is 0 Å². The zero-order chi connectivity index (χ0) is 14.1. The summed E-state index contributed by atoms with van der Waals surface area (Å²) in [6.45, 7) is 1.43. The summed E-state index contributed by atoms with van der Waals surface area (Å²) in [5.74, 6) is -0.118. The third kappa shape index (κ3) is 2.23. The number of amides is 1. The Bertz CT molecular complexity index is 659. The van der Waals surface area contributed by atoms with E-state index in [1.807, 2.05) is 31.3 Å². The van der Waals surface area contributed by atoms with E-state index in [0.29, 0.717) is 17.3 Å². The molecule has 0 atom stereocenters. The molecule has 0 saturated carbocycles. The number of aromatic nitrogens is 1. The summed E-state index contributed by atoms with van der Waals surface area (Å²) in [7, 11) is 2.03. The Hall–Kier alpha value is -2.07. The molecular formula is C15H14ClN3O. The molecule has 5 heteroatoms. The molecule has 0 unspecified atom stereocenters. The highest BCUT2D eigenvalue weighted by atomic mass is 35.5. The van der Waals surface area contributed by atoms with E-state index < -0.39 is 0 Å². The van der Waals surface area contributed by atoms with E-state index >= 15 is 0 Å². The van der Waals surface area contributed by atoms with Crippen LogP contribution in [-0.4, -0.2) is 31.0 Å². The van der Waals surface area contributed by atoms with E-state index in [0.717, 1.165) is 17.9 Å². The predicted octanol–water partition coefficient (Wildman–Crippen LogP) is 2.83. The van der Waals surface area contributed by atoms with Gasteiger partial charge in [0, 0.05) is 31.4 Å². The SMILES string of the molecule is CN1CCN(C(=O)c2cc(Cl)ccn2)c2ccccc21. The molecule has 0 fully saturated rings. The van der Waals surface area contributed by atoms with Crippen molar-refractivity contribution in [2.45, 2.75) is 0 Å². The standard InChI is InChI=1S/C15H14ClN3O/c1-18-8-9-19(14-5-3-2-4-13(14)18)15(20)12-10-11(16)6-7-17-12/h2-7,10H,8-9H2,1H3. The predicted molar refractivity (Wildman–Crippen MR) is 80.6 cm³/mol. The molecule has 0 aliphatic carbocycles. The number of para-hydroxylation sites is 2. The fraction of sp³-hybridized carbons (Fsp3) is 0.200. The van der Waals surface area contributed by atoms with Crippen LogP contribution in [0.4, 0.5) is 11.4 Å². The number of benzene rings is 1. The number of fused-ring (bicyclic) bond motifs is 1. The van der Waals surface area contributed by atoms with Crippen molar-refractivity contribution in [3.05, 3.63) is 53.3 Å². The van der Waals surface area contributed by atoms with E-state index in [-0.39, 0.29) is 5.91 Å². The summed E-state index contributed by atoms with van der Waals surface area (Å²) in [5.41, 5.74) is 2.33. The highest BCUT2D eigenvalue weighted by Crippen LogP contribution is 2.32. The topological polar surface area (TPSA) is 36.4 Å². The molecule has 2 heterocycles. The number of hydrogen-bond donors (Lipinski definition) is 0. The summed E-state index contributed by atoms with van der Waals surface area (Å²) in [4.78, 5) is 20.6. The quantitative estimate of drug-likeness (QED) is 0.809. The second-order valence-electron chi connectivity index (χ2n) is 4.73. The van der Waals surface area contributed by atoms with Gasteiger partial charge in [0.15, 0.2) is 0 Å². The fourth-order valence-corrected chi connectivity index (χ4v) is 2.54. The molecule has 4 nitrogen and oxygen atoms in total. The fourth-order valence-electron chi connectivity index (χ4n) is 2.38. The highest BCUT2D eigenvalue weighted by Gasteiger charge is 2.26. The number of carbonyl (C=O) groups excluding carboxylic acids is 1. The van der Waals surface area contributed by atoms with Crippen LogP contribution >= 0.6 is 11.6 Å². The molecule has 1 amide bonds. The molecule has 0 N–H and O–H groups in total. The second kappa shape index (κ2) is 5.13. The lowest BCUT2D eigenvalue weighted by Gasteiger charge is -2.35. The minimum absolute atomic E-state index is 0.118. The molecular weight excluding hydrogens is 274 g/mol. The van der Waals surface area contributed by atoms with Crippen LogP contribution in [0.2, 0.25) is 5.02 Å². The van der Waals surface area contributed by atoms with Crippen LogP contribution in [0.3, 0.4) is 0 Å². The van der Waals surface area contributed by atoms with E-state index in [1.165, 1.54) is 0 Å². The van der Waals surface area contributed by atoms with Gasteiger partial charge < -0.3 is 9.80 Å². The van der Waals surface area contributed by atoms with Gasteiger partial charge in [-0.2, -0.15) is 0 Å². The summed E-state index contributed by atoms with van der Waals surface area (Å²) in [6, 6.07) is 11.1. The Kier molecular flexibility index (Phi) is 3.32. The lowest BCUT2D eigenvalue weighted by Crippen LogP contribution is -2.42. The molecule has 3 rings (SSSR count). The Morgan fingerprint density at radius 1 is 1.20 bits per heavy atom. The maximum atomic E-state index is 12.6. The number of likely N-dealkylation sites (N-methyl/N-ethyl adjacent to an activating group) is 1. The summed E-state index contributed by atoms with van der Waals surface area (Å²) >= 11 is 5.93. The minimum Gasteiger partial charge on any atom is -0.371 e. The first-order valence-electron chi connectivity index (χ1n) is 6.40. The summed E-state index contributed by atoms with van der Waals surface area (Å²) in [5, 5.41) is 0.519. The first-order chi connectivity index (χ1) is 9.66. The van der Waals surface area contributed by atoms with Crippen molar-refractivity contribution in [2.75, 3.05) is 29.9 Å². The van der Waals surface area contributed by atoms with Crippen molar-refractivity contribution < 1.29 is 4.79 Å². The van der Waals surface area contributed by atoms with Crippen molar-refractivity contribution in [2.24, 2.45) is 0 Å². The van der Waals surface area contributed by atoms with Crippen LogP contribution in [0.25, 0.3) is 0 Å². The number of pyridine rings is 1. The van der Waals surface area contributed by atoms with Crippen LogP contribution in [0.15, 0.2) is 42.6 Å². The van der Waals surface area contributed by atoms with Crippen molar-refractivity contribution in [3.63, 3.8) is 0 Å². The van der Waals surface area contributed by atoms with Gasteiger partial charge in [0.2, 0.25) is 0 Å². The number of halogens is 1. The monoisotopic (exact) mass is 287 g/mol. The van der Waals surface area contributed by atoms with Crippen LogP contribution in [0, 0.1) is 0 Å². The Morgan fingerprint density at radius 2 is 1.95 bits per heavy atom. The number of carbonyl (C=O) groups is 1. The largest absolute Gasteiger partial charge is 0.371 e. The van der Waals surface area contributed by atoms with Gasteiger partial charge in [-0.15, -0.1) is 0 Å². The van der Waals surface area contributed by atoms with Gasteiger partial charge in [-0.25, -0.2) is 0 Å². The van der Waals surface area contributed by atoms with Gasteiger partial charge >= 0.3 is 0 Å². The normalized spacial score (nSPS) is 14.1. The van der Waals surface area contributed by atoms with Crippen molar-refractivity contribution in [3.8, 4) is 0 Å². The number of anilines is 2. The van der Waals surface area contributed by atoms with E-state index in [1.54, 1.807) is 23.2 Å². The number of rotatable bonds is 1. The Morgan fingerprint density at radius 3 is 2.70 bits per heavy atom. The number of hydrogen-bond acceptors (Lipinski definition) is 3. The van der Waals surface area contributed by atoms with Gasteiger partial charge in [0.05, 0.1) is 11.4 Å². The van der Waals surface area contributed by atoms with Gasteiger partial charge in [-0.1, -0.05) is 23.7 Å². The molecule has 2 aromatic rings. The van der Waals surface area contributed by atoms with E-state index in [4.69, 9.17) is 11.6 Å². The summed E-state index contributed by atoms with van der Waals surface area (Å²) in [6.07, 6.45) is 1.55. The Labute approximate surface area is 122 Å². The zero-order valence-corrected chi connectivity index (χ0v) is 11.8. The van der Waals surface area contributed by atoms with E-state index in [2.05, 4.69) is 9.88 Å². The average Bonchev–Trinajstić information content (AvgIpc) is 2.47. The molecule has 0 spiro atoms. The molecule has 1 aromatic carbocycles. The zero-order valence-electron chi connectivity index (χ0n) is 11.1. The average molecular weight is 288 g/mol. The van der Waals surface area contributed by atoms with Crippen molar-refractivity contribution in [1.82, 2.24) is 4.98 Å². The molecule has 102 valence electrons. The lowest BCUT2D eigenvalue weighted by molar-refractivity contribution is 0.0982. The van der Waals surface area contributed by atoms with Gasteiger partial charge in [-0.3, -0.25) is 9.78 Å². The smallest absolute Gasteiger partial charge is 0.277 e. The second-order valence-corrected chi connectivity index (χ2v) is 5.16. The molecule has 20 heavy (non-hydrogen) atoms. The van der Waals surface area contributed by atoms with Crippen LogP contribution < -0.4 is 9.80 Å². The van der Waals surface area contributed by atoms with Gasteiger partial charge in [0.1, 0.15) is 5.69 Å². The molecule has 0 radical (unpaired) electrons. The van der Waals surface area contributed by atoms with Crippen LogP contribution in [-0.2, 0) is 0 Å². The number of nitrogens with zero attached hydrogens (tertiary/aromatic N) is 3. The highest BCUT2D eigenvalue weighted by molar-refractivity contribution is 6.31. The summed E-state index contributed by atoms with van der Waals surface area (Å²) < 4.78 is 0. The maximum absolute atomic E-state index is 12.6. The first kappa shape index (κ1) is 12.9. The maximum Gasteiger partial charge on any atom is 0.277 e. The molecule has 1 aliphatic heterocycles. The van der Waals surface area contributed by atoms with Gasteiger partial charge in [0.25, 0.3) is 5.91 Å². The molecule has 0 saturated heterocycles. The first-order valence-corrected chi connectivity index (χ1v) is 6.78. The minimum atomic E-state index is -0.118. The van der Waals surface area contributed by atoms with Crippen molar-refractivity contribution >= 4 is 28.9 Å². The molecule has 1 aromatic heterocycles. The molecule has 0 bridgehead atoms. The lowest BCUT2D eigenvalue weighted by atomic mass is 10.1. The van der Waals surface area contributed by atoms with Crippen molar-refractivity contribution in [1.29, 1.82) is 0 Å². The van der Waals surface area contributed by atoms with E-state index in [9.17, 15) is 4.79 Å². The third-order valence-electron chi connectivity index (χ3n) is 3.43. The molecule has 1 aliphatic rings.